The average molecular weight is 439 g/mol. The maximum atomic E-state index is 12.3. The molecule has 1 aromatic carbocycles. The predicted molar refractivity (Wildman–Crippen MR) is 135 cm³/mol. The Morgan fingerprint density at radius 3 is 2.16 bits per heavy atom. The van der Waals surface area contributed by atoms with Gasteiger partial charge in [-0.15, -0.1) is 0 Å². The van der Waals surface area contributed by atoms with E-state index in [-0.39, 0.29) is 11.4 Å². The molecule has 0 unspecified atom stereocenters. The first-order chi connectivity index (χ1) is 15.6. The van der Waals surface area contributed by atoms with Crippen LogP contribution in [-0.2, 0) is 11.2 Å². The Labute approximate surface area is 194 Å². The van der Waals surface area contributed by atoms with Gasteiger partial charge in [0.05, 0.1) is 0 Å². The molecule has 0 aliphatic heterocycles. The summed E-state index contributed by atoms with van der Waals surface area (Å²) in [5.41, 5.74) is 2.06. The molecule has 0 atom stereocenters. The van der Waals surface area contributed by atoms with Crippen molar-refractivity contribution in [1.82, 2.24) is 0 Å². The molecule has 2 aromatic rings. The SMILES string of the molecule is CCCCCCCC/C=C/CCCCCCCC(=O)Cc1ccc2c(C)cc(=O)oc2c1. The van der Waals surface area contributed by atoms with E-state index < -0.39 is 0 Å². The van der Waals surface area contributed by atoms with Crippen molar-refractivity contribution >= 4 is 16.8 Å². The smallest absolute Gasteiger partial charge is 0.336 e. The molecular formula is C29H42O3. The molecule has 0 bridgehead atoms. The summed E-state index contributed by atoms with van der Waals surface area (Å²) in [6.07, 6.45) is 22.2. The van der Waals surface area contributed by atoms with E-state index in [0.29, 0.717) is 18.4 Å². The van der Waals surface area contributed by atoms with E-state index in [1.54, 1.807) is 0 Å². The van der Waals surface area contributed by atoms with Gasteiger partial charge in [-0.1, -0.05) is 82.6 Å². The van der Waals surface area contributed by atoms with Crippen LogP contribution in [-0.4, -0.2) is 5.78 Å². The van der Waals surface area contributed by atoms with Gasteiger partial charge in [-0.05, 0) is 56.2 Å². The summed E-state index contributed by atoms with van der Waals surface area (Å²) in [4.78, 5) is 23.9. The molecule has 3 heteroatoms. The number of aryl methyl sites for hydroxylation is 1. The van der Waals surface area contributed by atoms with E-state index in [1.807, 2.05) is 25.1 Å². The number of benzene rings is 1. The number of allylic oxidation sites excluding steroid dienone is 2. The van der Waals surface area contributed by atoms with Gasteiger partial charge in [-0.25, -0.2) is 4.79 Å². The van der Waals surface area contributed by atoms with E-state index in [4.69, 9.17) is 4.42 Å². The third-order valence-corrected chi connectivity index (χ3v) is 6.13. The molecule has 176 valence electrons. The predicted octanol–water partition coefficient (Wildman–Crippen LogP) is 8.25. The van der Waals surface area contributed by atoms with Crippen molar-refractivity contribution < 1.29 is 9.21 Å². The molecule has 0 fully saturated rings. The maximum Gasteiger partial charge on any atom is 0.336 e. The molecule has 0 radical (unpaired) electrons. The summed E-state index contributed by atoms with van der Waals surface area (Å²) in [6, 6.07) is 7.24. The second-order valence-corrected chi connectivity index (χ2v) is 9.13. The number of Topliss-reactive ketones (excluding diaryl/α,β-unsaturated/α-hetero) is 1. The van der Waals surface area contributed by atoms with Gasteiger partial charge in [0.25, 0.3) is 0 Å². The lowest BCUT2D eigenvalue weighted by Crippen LogP contribution is -2.03. The van der Waals surface area contributed by atoms with Crippen LogP contribution >= 0.6 is 0 Å². The molecule has 0 saturated carbocycles. The van der Waals surface area contributed by atoms with E-state index >= 15 is 0 Å². The van der Waals surface area contributed by atoms with Crippen molar-refractivity contribution in [3.63, 3.8) is 0 Å². The normalized spacial score (nSPS) is 11.6. The first kappa shape index (κ1) is 26.1. The number of unbranched alkanes of at least 4 members (excludes halogenated alkanes) is 11. The highest BCUT2D eigenvalue weighted by molar-refractivity contribution is 5.84. The average Bonchev–Trinajstić information content (AvgIpc) is 2.76. The van der Waals surface area contributed by atoms with Crippen molar-refractivity contribution in [1.29, 1.82) is 0 Å². The quantitative estimate of drug-likeness (QED) is 0.142. The summed E-state index contributed by atoms with van der Waals surface area (Å²) < 4.78 is 5.28. The topological polar surface area (TPSA) is 47.3 Å². The summed E-state index contributed by atoms with van der Waals surface area (Å²) in [7, 11) is 0. The van der Waals surface area contributed by atoms with Gasteiger partial charge in [0.2, 0.25) is 0 Å². The highest BCUT2D eigenvalue weighted by atomic mass is 16.4. The molecule has 3 nitrogen and oxygen atoms in total. The van der Waals surface area contributed by atoms with E-state index in [9.17, 15) is 9.59 Å². The zero-order valence-electron chi connectivity index (χ0n) is 20.3. The molecule has 0 N–H and O–H groups in total. The van der Waals surface area contributed by atoms with Crippen molar-refractivity contribution in [3.8, 4) is 0 Å². The number of carbonyl (C=O) groups is 1. The Morgan fingerprint density at radius 1 is 0.844 bits per heavy atom. The zero-order chi connectivity index (χ0) is 23.0. The summed E-state index contributed by atoms with van der Waals surface area (Å²) in [5.74, 6) is 0.261. The standard InChI is InChI=1S/C29H42O3/c1-3-4-5-6-7-8-9-10-11-12-13-14-15-16-17-18-26(30)22-25-19-20-27-24(2)21-29(31)32-28(27)23-25/h10-11,19-21,23H,3-9,12-18,22H2,1-2H3/b11-10+. The number of rotatable bonds is 17. The number of ketones is 1. The number of hydrogen-bond acceptors (Lipinski definition) is 3. The lowest BCUT2D eigenvalue weighted by molar-refractivity contribution is -0.118. The van der Waals surface area contributed by atoms with Crippen LogP contribution in [0.2, 0.25) is 0 Å². The minimum absolute atomic E-state index is 0.261. The lowest BCUT2D eigenvalue weighted by atomic mass is 10.0. The Kier molecular flexibility index (Phi) is 12.7. The second-order valence-electron chi connectivity index (χ2n) is 9.13. The number of fused-ring (bicyclic) bond motifs is 1. The molecule has 0 aliphatic rings. The fourth-order valence-corrected chi connectivity index (χ4v) is 4.19. The molecular weight excluding hydrogens is 396 g/mol. The monoisotopic (exact) mass is 438 g/mol. The van der Waals surface area contributed by atoms with Crippen LogP contribution in [0, 0.1) is 6.92 Å². The summed E-state index contributed by atoms with van der Waals surface area (Å²) in [6.45, 7) is 4.16. The minimum atomic E-state index is -0.341. The highest BCUT2D eigenvalue weighted by Crippen LogP contribution is 2.19. The molecule has 0 aliphatic carbocycles. The van der Waals surface area contributed by atoms with Crippen LogP contribution in [0.4, 0.5) is 0 Å². The largest absolute Gasteiger partial charge is 0.423 e. The van der Waals surface area contributed by atoms with Gasteiger partial charge in [0, 0.05) is 24.3 Å². The third-order valence-electron chi connectivity index (χ3n) is 6.13. The first-order valence-electron chi connectivity index (χ1n) is 12.8. The zero-order valence-corrected chi connectivity index (χ0v) is 20.3. The van der Waals surface area contributed by atoms with Crippen LogP contribution in [0.3, 0.4) is 0 Å². The number of carbonyl (C=O) groups excluding carboxylic acids is 1. The third kappa shape index (κ3) is 10.4. The highest BCUT2D eigenvalue weighted by Gasteiger charge is 2.07. The Hall–Kier alpha value is -2.16. The Balaban J connectivity index is 1.50. The van der Waals surface area contributed by atoms with Crippen molar-refractivity contribution in [2.45, 2.75) is 110 Å². The van der Waals surface area contributed by atoms with Crippen LogP contribution in [0.5, 0.6) is 0 Å². The van der Waals surface area contributed by atoms with E-state index in [1.165, 1.54) is 76.7 Å². The molecule has 0 saturated heterocycles. The number of hydrogen-bond donors (Lipinski definition) is 0. The Bertz CT molecular complexity index is 891. The summed E-state index contributed by atoms with van der Waals surface area (Å²) >= 11 is 0. The fourth-order valence-electron chi connectivity index (χ4n) is 4.19. The van der Waals surface area contributed by atoms with Gasteiger partial charge in [-0.2, -0.15) is 0 Å². The van der Waals surface area contributed by atoms with Gasteiger partial charge in [0.1, 0.15) is 11.4 Å². The van der Waals surface area contributed by atoms with Gasteiger partial charge < -0.3 is 4.42 Å². The van der Waals surface area contributed by atoms with Gasteiger partial charge in [-0.3, -0.25) is 4.79 Å². The molecule has 1 aromatic heterocycles. The summed E-state index contributed by atoms with van der Waals surface area (Å²) in [5, 5.41) is 0.929. The van der Waals surface area contributed by atoms with Gasteiger partial charge in [0.15, 0.2) is 0 Å². The second kappa shape index (κ2) is 15.6. The van der Waals surface area contributed by atoms with Crippen LogP contribution in [0.1, 0.15) is 108 Å². The molecule has 32 heavy (non-hydrogen) atoms. The first-order valence-corrected chi connectivity index (χ1v) is 12.8. The Morgan fingerprint density at radius 2 is 1.47 bits per heavy atom. The van der Waals surface area contributed by atoms with Gasteiger partial charge >= 0.3 is 5.63 Å². The maximum absolute atomic E-state index is 12.3. The van der Waals surface area contributed by atoms with Crippen LogP contribution in [0.25, 0.3) is 11.0 Å². The van der Waals surface area contributed by atoms with Crippen LogP contribution in [0.15, 0.2) is 45.6 Å². The van der Waals surface area contributed by atoms with Crippen molar-refractivity contribution in [2.75, 3.05) is 0 Å². The van der Waals surface area contributed by atoms with Crippen molar-refractivity contribution in [2.24, 2.45) is 0 Å². The minimum Gasteiger partial charge on any atom is -0.423 e. The van der Waals surface area contributed by atoms with Crippen LogP contribution < -0.4 is 5.63 Å². The molecule has 0 spiro atoms. The molecule has 0 amide bonds. The fraction of sp³-hybridized carbons (Fsp3) is 0.586. The van der Waals surface area contributed by atoms with E-state index in [2.05, 4.69) is 19.1 Å². The lowest BCUT2D eigenvalue weighted by Gasteiger charge is -2.05. The molecule has 1 heterocycles. The molecule has 2 rings (SSSR count). The van der Waals surface area contributed by atoms with Crippen molar-refractivity contribution in [3.05, 3.63) is 58.0 Å². The van der Waals surface area contributed by atoms with E-state index in [0.717, 1.165) is 29.4 Å².